The van der Waals surface area contributed by atoms with Crippen molar-refractivity contribution in [3.05, 3.63) is 0 Å². The van der Waals surface area contributed by atoms with Crippen LogP contribution in [0.25, 0.3) is 0 Å². The zero-order chi connectivity index (χ0) is 5.28. The lowest BCUT2D eigenvalue weighted by Crippen LogP contribution is -1.98. The Labute approximate surface area is 53.4 Å². The zero-order valence-electron chi connectivity index (χ0n) is 4.65. The third kappa shape index (κ3) is 1.18. The van der Waals surface area contributed by atoms with Crippen molar-refractivity contribution in [3.8, 4) is 0 Å². The molecule has 0 spiro atoms. The molecule has 0 radical (unpaired) electrons. The van der Waals surface area contributed by atoms with E-state index in [4.69, 9.17) is 0 Å². The van der Waals surface area contributed by atoms with Gasteiger partial charge in [-0.15, -0.1) is 0 Å². The average molecular weight is 163 g/mol. The van der Waals surface area contributed by atoms with E-state index in [2.05, 4.69) is 22.9 Å². The summed E-state index contributed by atoms with van der Waals surface area (Å²) >= 11 is 3.60. The highest BCUT2D eigenvalue weighted by molar-refractivity contribution is 9.09. The first-order valence-electron chi connectivity index (χ1n) is 2.95. The van der Waals surface area contributed by atoms with Gasteiger partial charge in [0.1, 0.15) is 0 Å². The maximum atomic E-state index is 3.60. The lowest BCUT2D eigenvalue weighted by atomic mass is 10.1. The van der Waals surface area contributed by atoms with Gasteiger partial charge in [-0.3, -0.25) is 0 Å². The van der Waals surface area contributed by atoms with Gasteiger partial charge >= 0.3 is 0 Å². The Kier molecular flexibility index (Phi) is 1.74. The fourth-order valence-electron chi connectivity index (χ4n) is 1.10. The summed E-state index contributed by atoms with van der Waals surface area (Å²) in [5.74, 6) is 0.931. The van der Waals surface area contributed by atoms with Crippen molar-refractivity contribution in [2.45, 2.75) is 31.0 Å². The van der Waals surface area contributed by atoms with E-state index in [1.165, 1.54) is 19.3 Å². The van der Waals surface area contributed by atoms with Gasteiger partial charge in [-0.2, -0.15) is 0 Å². The summed E-state index contributed by atoms with van der Waals surface area (Å²) in [5, 5.41) is 0. The van der Waals surface area contributed by atoms with Crippen molar-refractivity contribution in [3.63, 3.8) is 0 Å². The molecule has 0 aromatic rings. The molecular formula is C6H11Br. The first kappa shape index (κ1) is 5.61. The molecule has 0 nitrogen and oxygen atoms in total. The van der Waals surface area contributed by atoms with E-state index in [1.807, 2.05) is 0 Å². The molecule has 0 aromatic heterocycles. The van der Waals surface area contributed by atoms with Gasteiger partial charge in [-0.05, 0) is 18.8 Å². The number of halogens is 1. The summed E-state index contributed by atoms with van der Waals surface area (Å²) in [6, 6.07) is 0. The molecule has 0 amide bonds. The van der Waals surface area contributed by atoms with Crippen molar-refractivity contribution in [1.82, 2.24) is 0 Å². The molecule has 1 aliphatic carbocycles. The minimum absolute atomic E-state index is 0.826. The summed E-state index contributed by atoms with van der Waals surface area (Å²) in [6.45, 7) is 2.31. The Morgan fingerprint density at radius 2 is 2.14 bits per heavy atom. The van der Waals surface area contributed by atoms with Crippen LogP contribution in [0.2, 0.25) is 0 Å². The minimum atomic E-state index is 0.826. The van der Waals surface area contributed by atoms with Crippen LogP contribution in [0, 0.1) is 5.92 Å². The molecule has 2 atom stereocenters. The summed E-state index contributed by atoms with van der Waals surface area (Å²) in [7, 11) is 0. The van der Waals surface area contributed by atoms with Crippen LogP contribution in [-0.2, 0) is 0 Å². The van der Waals surface area contributed by atoms with Crippen molar-refractivity contribution < 1.29 is 0 Å². The molecule has 1 saturated carbocycles. The Morgan fingerprint density at radius 3 is 2.29 bits per heavy atom. The first-order chi connectivity index (χ1) is 3.30. The number of alkyl halides is 1. The van der Waals surface area contributed by atoms with Crippen LogP contribution in [0.4, 0.5) is 0 Å². The third-order valence-electron chi connectivity index (χ3n) is 1.76. The molecule has 1 heteroatoms. The lowest BCUT2D eigenvalue weighted by molar-refractivity contribution is 0.631. The molecule has 0 saturated heterocycles. The van der Waals surface area contributed by atoms with Crippen molar-refractivity contribution in [2.75, 3.05) is 0 Å². The van der Waals surface area contributed by atoms with Crippen LogP contribution in [0.15, 0.2) is 0 Å². The van der Waals surface area contributed by atoms with Crippen LogP contribution >= 0.6 is 15.9 Å². The second-order valence-corrected chi connectivity index (χ2v) is 3.60. The van der Waals surface area contributed by atoms with Gasteiger partial charge in [0, 0.05) is 4.83 Å². The molecule has 0 aromatic carbocycles. The van der Waals surface area contributed by atoms with Gasteiger partial charge in [-0.25, -0.2) is 0 Å². The number of hydrogen-bond acceptors (Lipinski definition) is 0. The Morgan fingerprint density at radius 1 is 1.43 bits per heavy atom. The second-order valence-electron chi connectivity index (χ2n) is 2.42. The van der Waals surface area contributed by atoms with Crippen LogP contribution in [0.1, 0.15) is 26.2 Å². The van der Waals surface area contributed by atoms with E-state index in [-0.39, 0.29) is 0 Å². The Hall–Kier alpha value is 0.480. The van der Waals surface area contributed by atoms with Crippen LogP contribution in [0.5, 0.6) is 0 Å². The molecule has 0 unspecified atom stereocenters. The summed E-state index contributed by atoms with van der Waals surface area (Å²) in [6.07, 6.45) is 4.24. The fraction of sp³-hybridized carbons (Fsp3) is 1.00. The smallest absolute Gasteiger partial charge is 0.0171 e. The van der Waals surface area contributed by atoms with E-state index < -0.39 is 0 Å². The molecule has 0 aliphatic heterocycles. The highest BCUT2D eigenvalue weighted by Crippen LogP contribution is 2.30. The maximum Gasteiger partial charge on any atom is 0.0171 e. The van der Waals surface area contributed by atoms with Crippen molar-refractivity contribution >= 4 is 15.9 Å². The summed E-state index contributed by atoms with van der Waals surface area (Å²) < 4.78 is 0. The molecule has 1 aliphatic rings. The van der Waals surface area contributed by atoms with Gasteiger partial charge in [0.15, 0.2) is 0 Å². The topological polar surface area (TPSA) is 0 Å². The van der Waals surface area contributed by atoms with Crippen LogP contribution < -0.4 is 0 Å². The largest absolute Gasteiger partial charge is 0.0888 e. The van der Waals surface area contributed by atoms with E-state index in [0.717, 1.165) is 10.7 Å². The fourth-order valence-corrected chi connectivity index (χ4v) is 1.69. The minimum Gasteiger partial charge on any atom is -0.0888 e. The van der Waals surface area contributed by atoms with E-state index in [1.54, 1.807) is 0 Å². The summed E-state index contributed by atoms with van der Waals surface area (Å²) in [4.78, 5) is 0.826. The van der Waals surface area contributed by atoms with Gasteiger partial charge in [0.05, 0.1) is 0 Å². The highest BCUT2D eigenvalue weighted by Gasteiger charge is 2.19. The quantitative estimate of drug-likeness (QED) is 0.481. The van der Waals surface area contributed by atoms with Crippen molar-refractivity contribution in [2.24, 2.45) is 5.92 Å². The van der Waals surface area contributed by atoms with E-state index in [9.17, 15) is 0 Å². The van der Waals surface area contributed by atoms with Gasteiger partial charge in [0.25, 0.3) is 0 Å². The zero-order valence-corrected chi connectivity index (χ0v) is 6.24. The first-order valence-corrected chi connectivity index (χ1v) is 3.86. The number of rotatable bonds is 0. The molecular weight excluding hydrogens is 152 g/mol. The SMILES string of the molecule is C[C@@H]1CCC[C@H]1Br. The van der Waals surface area contributed by atoms with Gasteiger partial charge in [0.2, 0.25) is 0 Å². The Balaban J connectivity index is 2.33. The molecule has 7 heavy (non-hydrogen) atoms. The monoisotopic (exact) mass is 162 g/mol. The second kappa shape index (κ2) is 2.17. The lowest BCUT2D eigenvalue weighted by Gasteiger charge is -2.02. The standard InChI is InChI=1S/C6H11Br/c1-5-3-2-4-6(5)7/h5-6H,2-4H2,1H3/t5-,6-/m1/s1. The maximum absolute atomic E-state index is 3.60. The third-order valence-corrected chi connectivity index (χ3v) is 3.12. The predicted molar refractivity (Wildman–Crippen MR) is 35.7 cm³/mol. The normalized spacial score (nSPS) is 42.0. The molecule has 0 bridgehead atoms. The molecule has 1 rings (SSSR count). The van der Waals surface area contributed by atoms with Crippen molar-refractivity contribution in [1.29, 1.82) is 0 Å². The number of hydrogen-bond donors (Lipinski definition) is 0. The molecule has 0 N–H and O–H groups in total. The predicted octanol–water partition coefficient (Wildman–Crippen LogP) is 2.57. The van der Waals surface area contributed by atoms with Gasteiger partial charge in [-0.1, -0.05) is 29.3 Å². The molecule has 0 heterocycles. The Bertz CT molecular complexity index is 53.2. The van der Waals surface area contributed by atoms with E-state index in [0.29, 0.717) is 0 Å². The highest BCUT2D eigenvalue weighted by atomic mass is 79.9. The van der Waals surface area contributed by atoms with Gasteiger partial charge < -0.3 is 0 Å². The van der Waals surface area contributed by atoms with Crippen LogP contribution in [0.3, 0.4) is 0 Å². The average Bonchev–Trinajstić information content (AvgIpc) is 1.91. The molecule has 42 valence electrons. The van der Waals surface area contributed by atoms with E-state index >= 15 is 0 Å². The van der Waals surface area contributed by atoms with Crippen LogP contribution in [-0.4, -0.2) is 4.83 Å². The summed E-state index contributed by atoms with van der Waals surface area (Å²) in [5.41, 5.74) is 0. The molecule has 1 fully saturated rings.